The smallest absolute Gasteiger partial charge is 0.271 e. The number of benzene rings is 1. The molecule has 0 aliphatic carbocycles. The molecule has 3 rings (SSSR count). The maximum absolute atomic E-state index is 12.5. The van der Waals surface area contributed by atoms with Crippen LogP contribution in [0.1, 0.15) is 9.67 Å². The lowest BCUT2D eigenvalue weighted by Crippen LogP contribution is -2.27. The fourth-order valence-electron chi connectivity index (χ4n) is 2.23. The lowest BCUT2D eigenvalue weighted by molar-refractivity contribution is 0.0696. The average molecular weight is 320 g/mol. The van der Waals surface area contributed by atoms with Crippen LogP contribution in [0.25, 0.3) is 10.6 Å². The number of amides is 1. The van der Waals surface area contributed by atoms with E-state index in [2.05, 4.69) is 4.98 Å². The van der Waals surface area contributed by atoms with E-state index in [4.69, 9.17) is 14.2 Å². The van der Waals surface area contributed by atoms with Crippen molar-refractivity contribution < 1.29 is 19.0 Å². The van der Waals surface area contributed by atoms with E-state index in [0.29, 0.717) is 41.4 Å². The summed E-state index contributed by atoms with van der Waals surface area (Å²) < 4.78 is 15.9. The molecule has 2 heterocycles. The third-order valence-corrected chi connectivity index (χ3v) is 4.42. The Labute approximate surface area is 132 Å². The lowest BCUT2D eigenvalue weighted by Gasteiger charge is -2.11. The van der Waals surface area contributed by atoms with Crippen LogP contribution in [0.3, 0.4) is 0 Å². The van der Waals surface area contributed by atoms with Crippen molar-refractivity contribution >= 4 is 17.2 Å². The van der Waals surface area contributed by atoms with E-state index in [9.17, 15) is 4.79 Å². The fraction of sp³-hybridized carbons (Fsp3) is 0.333. The summed E-state index contributed by atoms with van der Waals surface area (Å²) in [5.41, 5.74) is 0.838. The van der Waals surface area contributed by atoms with Gasteiger partial charge >= 0.3 is 0 Å². The van der Waals surface area contributed by atoms with Gasteiger partial charge in [0.15, 0.2) is 4.88 Å². The van der Waals surface area contributed by atoms with Crippen molar-refractivity contribution in [2.75, 3.05) is 34.1 Å². The molecule has 0 bridgehead atoms. The highest BCUT2D eigenvalue weighted by molar-refractivity contribution is 7.17. The molecule has 2 aromatic rings. The van der Waals surface area contributed by atoms with Gasteiger partial charge in [-0.05, 0) is 12.1 Å². The second-order valence-electron chi connectivity index (χ2n) is 4.66. The zero-order valence-electron chi connectivity index (χ0n) is 12.4. The summed E-state index contributed by atoms with van der Waals surface area (Å²) in [6.45, 7) is 1.46. The number of ether oxygens (including phenoxy) is 3. The van der Waals surface area contributed by atoms with Gasteiger partial charge in [0.25, 0.3) is 5.91 Å². The third-order valence-electron chi connectivity index (χ3n) is 3.36. The van der Waals surface area contributed by atoms with Gasteiger partial charge in [-0.2, -0.15) is 0 Å². The Bertz CT molecular complexity index is 680. The summed E-state index contributed by atoms with van der Waals surface area (Å²) in [5.74, 6) is 0.929. The molecule has 1 amide bonds. The predicted molar refractivity (Wildman–Crippen MR) is 82.5 cm³/mol. The monoisotopic (exact) mass is 320 g/mol. The number of rotatable bonds is 4. The maximum atomic E-state index is 12.5. The Kier molecular flexibility index (Phi) is 4.26. The van der Waals surface area contributed by atoms with Gasteiger partial charge in [0, 0.05) is 6.54 Å². The van der Waals surface area contributed by atoms with Crippen LogP contribution < -0.4 is 9.47 Å². The normalized spacial score (nSPS) is 14.2. The number of methoxy groups -OCH3 is 2. The Morgan fingerprint density at radius 1 is 1.32 bits per heavy atom. The van der Waals surface area contributed by atoms with Crippen molar-refractivity contribution in [2.24, 2.45) is 0 Å². The van der Waals surface area contributed by atoms with Crippen LogP contribution in [0.15, 0.2) is 24.3 Å². The Morgan fingerprint density at radius 2 is 2.14 bits per heavy atom. The van der Waals surface area contributed by atoms with Gasteiger partial charge in [-0.3, -0.25) is 4.79 Å². The molecule has 0 spiro atoms. The Hall–Kier alpha value is -2.12. The molecule has 6 nitrogen and oxygen atoms in total. The highest BCUT2D eigenvalue weighted by atomic mass is 32.1. The molecule has 0 unspecified atom stereocenters. The van der Waals surface area contributed by atoms with E-state index >= 15 is 0 Å². The lowest BCUT2D eigenvalue weighted by atomic mass is 10.2. The van der Waals surface area contributed by atoms with Crippen molar-refractivity contribution in [3.8, 4) is 22.2 Å². The molecular formula is C15H16N2O4S. The maximum Gasteiger partial charge on any atom is 0.271 e. The summed E-state index contributed by atoms with van der Waals surface area (Å²) in [6, 6.07) is 7.56. The minimum Gasteiger partial charge on any atom is -0.496 e. The van der Waals surface area contributed by atoms with Crippen molar-refractivity contribution in [2.45, 2.75) is 0 Å². The zero-order chi connectivity index (χ0) is 15.5. The molecule has 1 aromatic heterocycles. The van der Waals surface area contributed by atoms with Crippen molar-refractivity contribution in [1.29, 1.82) is 0 Å². The molecular weight excluding hydrogens is 304 g/mol. The van der Waals surface area contributed by atoms with Crippen LogP contribution in [-0.2, 0) is 4.74 Å². The first-order valence-corrected chi connectivity index (χ1v) is 7.61. The largest absolute Gasteiger partial charge is 0.496 e. The first-order chi connectivity index (χ1) is 10.7. The molecule has 7 heteroatoms. The molecule has 22 heavy (non-hydrogen) atoms. The second-order valence-corrected chi connectivity index (χ2v) is 5.66. The van der Waals surface area contributed by atoms with Gasteiger partial charge in [0.05, 0.1) is 26.4 Å². The first kappa shape index (κ1) is 14.8. The van der Waals surface area contributed by atoms with Gasteiger partial charge < -0.3 is 19.1 Å². The minimum atomic E-state index is -0.118. The number of hydrogen-bond acceptors (Lipinski definition) is 6. The van der Waals surface area contributed by atoms with E-state index in [1.165, 1.54) is 18.4 Å². The third kappa shape index (κ3) is 2.65. The number of hydrogen-bond donors (Lipinski definition) is 0. The van der Waals surface area contributed by atoms with E-state index in [0.717, 1.165) is 5.56 Å². The molecule has 1 aromatic carbocycles. The zero-order valence-corrected chi connectivity index (χ0v) is 13.2. The highest BCUT2D eigenvalue weighted by Crippen LogP contribution is 2.37. The summed E-state index contributed by atoms with van der Waals surface area (Å²) in [7, 11) is 3.12. The van der Waals surface area contributed by atoms with Crippen LogP contribution in [-0.4, -0.2) is 49.9 Å². The molecule has 0 saturated carbocycles. The molecule has 1 saturated heterocycles. The number of carbonyl (C=O) groups is 1. The topological polar surface area (TPSA) is 60.9 Å². The summed E-state index contributed by atoms with van der Waals surface area (Å²) in [6.07, 6.45) is 0. The van der Waals surface area contributed by atoms with Crippen LogP contribution >= 0.6 is 11.3 Å². The van der Waals surface area contributed by atoms with Gasteiger partial charge in [-0.1, -0.05) is 12.1 Å². The second kappa shape index (κ2) is 6.33. The number of aromatic nitrogens is 1. The highest BCUT2D eigenvalue weighted by Gasteiger charge is 2.27. The van der Waals surface area contributed by atoms with Crippen molar-refractivity contribution in [3.05, 3.63) is 29.1 Å². The first-order valence-electron chi connectivity index (χ1n) is 6.80. The molecule has 0 atom stereocenters. The SMILES string of the molecule is COc1ccccc1-c1nc(OC)c(C(=O)N2CCOC2)s1. The standard InChI is InChI=1S/C15H16N2O4S/c1-19-11-6-4-3-5-10(11)14-16-13(20-2)12(22-14)15(18)17-7-8-21-9-17/h3-6H,7-9H2,1-2H3. The van der Waals surface area contributed by atoms with Gasteiger partial charge in [-0.15, -0.1) is 11.3 Å². The van der Waals surface area contributed by atoms with Gasteiger partial charge in [0.1, 0.15) is 17.5 Å². The van der Waals surface area contributed by atoms with Crippen molar-refractivity contribution in [1.82, 2.24) is 9.88 Å². The summed E-state index contributed by atoms with van der Waals surface area (Å²) in [4.78, 5) is 19.1. The molecule has 0 N–H and O–H groups in total. The minimum absolute atomic E-state index is 0.118. The quantitative estimate of drug-likeness (QED) is 0.865. The number of nitrogens with zero attached hydrogens (tertiary/aromatic N) is 2. The van der Waals surface area contributed by atoms with Gasteiger partial charge in [-0.25, -0.2) is 4.98 Å². The number of thiazole rings is 1. The number of para-hydroxylation sites is 1. The van der Waals surface area contributed by atoms with Crippen LogP contribution in [0.2, 0.25) is 0 Å². The van der Waals surface area contributed by atoms with E-state index < -0.39 is 0 Å². The summed E-state index contributed by atoms with van der Waals surface area (Å²) in [5, 5.41) is 0.692. The fourth-order valence-corrected chi connectivity index (χ4v) is 3.27. The predicted octanol–water partition coefficient (Wildman–Crippen LogP) is 2.26. The Balaban J connectivity index is 1.99. The van der Waals surface area contributed by atoms with Crippen LogP contribution in [0, 0.1) is 0 Å². The van der Waals surface area contributed by atoms with Gasteiger partial charge in [0.2, 0.25) is 5.88 Å². The van der Waals surface area contributed by atoms with Crippen LogP contribution in [0.4, 0.5) is 0 Å². The van der Waals surface area contributed by atoms with Crippen molar-refractivity contribution in [3.63, 3.8) is 0 Å². The molecule has 1 aliphatic rings. The van der Waals surface area contributed by atoms with E-state index in [1.807, 2.05) is 24.3 Å². The molecule has 116 valence electrons. The van der Waals surface area contributed by atoms with E-state index in [1.54, 1.807) is 12.0 Å². The van der Waals surface area contributed by atoms with E-state index in [-0.39, 0.29) is 5.91 Å². The molecule has 1 fully saturated rings. The number of carbonyl (C=O) groups excluding carboxylic acids is 1. The summed E-state index contributed by atoms with van der Waals surface area (Å²) >= 11 is 1.30. The van der Waals surface area contributed by atoms with Crippen LogP contribution in [0.5, 0.6) is 11.6 Å². The average Bonchev–Trinajstić information content (AvgIpc) is 3.23. The Morgan fingerprint density at radius 3 is 2.82 bits per heavy atom. The molecule has 0 radical (unpaired) electrons. The molecule has 1 aliphatic heterocycles.